The summed E-state index contributed by atoms with van der Waals surface area (Å²) < 4.78 is 0. The number of benzene rings is 1. The second-order valence-corrected chi connectivity index (χ2v) is 6.64. The lowest BCUT2D eigenvalue weighted by atomic mass is 9.90. The lowest BCUT2D eigenvalue weighted by Gasteiger charge is -2.27. The molecule has 0 saturated heterocycles. The highest BCUT2D eigenvalue weighted by Gasteiger charge is 2.29. The maximum absolute atomic E-state index is 12.1. The molecule has 0 aliphatic carbocycles. The van der Waals surface area contributed by atoms with Gasteiger partial charge < -0.3 is 16.4 Å². The fraction of sp³-hybridized carbons (Fsp3) is 0.438. The Bertz CT molecular complexity index is 612. The van der Waals surface area contributed by atoms with Gasteiger partial charge in [0.25, 0.3) is 0 Å². The number of nitrogens with zero attached hydrogens (tertiary/aromatic N) is 1. The Morgan fingerprint density at radius 1 is 1.39 bits per heavy atom. The largest absolute Gasteiger partial charge is 0.375 e. The molecule has 1 aromatic carbocycles. The van der Waals surface area contributed by atoms with Crippen LogP contribution < -0.4 is 16.4 Å². The smallest absolute Gasteiger partial charge is 0.240 e. The van der Waals surface area contributed by atoms with Crippen molar-refractivity contribution < 1.29 is 9.59 Å². The van der Waals surface area contributed by atoms with Crippen LogP contribution in [0.25, 0.3) is 0 Å². The van der Waals surface area contributed by atoms with Gasteiger partial charge >= 0.3 is 0 Å². The summed E-state index contributed by atoms with van der Waals surface area (Å²) in [7, 11) is 0. The third-order valence-corrected chi connectivity index (χ3v) is 4.58. The number of carbonyl (C=O) groups excluding carboxylic acids is 2. The summed E-state index contributed by atoms with van der Waals surface area (Å²) in [5.41, 5.74) is 4.99. The molecule has 0 saturated carbocycles. The highest BCUT2D eigenvalue weighted by atomic mass is 32.2. The number of hydrogen-bond acceptors (Lipinski definition) is 5. The van der Waals surface area contributed by atoms with E-state index >= 15 is 0 Å². The molecule has 0 aliphatic rings. The van der Waals surface area contributed by atoms with Crippen LogP contribution in [-0.4, -0.2) is 29.7 Å². The van der Waals surface area contributed by atoms with Gasteiger partial charge in [-0.25, -0.2) is 0 Å². The average Bonchev–Trinajstić information content (AvgIpc) is 2.51. The minimum atomic E-state index is -0.904. The molecule has 124 valence electrons. The number of para-hydroxylation sites is 1. The lowest BCUT2D eigenvalue weighted by molar-refractivity contribution is -0.121. The molecule has 1 aromatic rings. The van der Waals surface area contributed by atoms with E-state index in [0.717, 1.165) is 10.6 Å². The number of rotatable bonds is 8. The van der Waals surface area contributed by atoms with E-state index in [2.05, 4.69) is 16.7 Å². The Morgan fingerprint density at radius 3 is 2.61 bits per heavy atom. The van der Waals surface area contributed by atoms with E-state index in [1.165, 1.54) is 11.8 Å². The molecule has 0 aliphatic heterocycles. The SMILES string of the molecule is CC(C)C(C)(C#N)NC(=O)CNc1ccccc1SCC(N)=O. The molecule has 6 nitrogen and oxygen atoms in total. The predicted molar refractivity (Wildman–Crippen MR) is 91.8 cm³/mol. The molecule has 1 rings (SSSR count). The molecular formula is C16H22N4O2S. The Morgan fingerprint density at radius 2 is 2.04 bits per heavy atom. The number of anilines is 1. The van der Waals surface area contributed by atoms with E-state index < -0.39 is 11.4 Å². The summed E-state index contributed by atoms with van der Waals surface area (Å²) in [6.07, 6.45) is 0. The molecule has 23 heavy (non-hydrogen) atoms. The number of primary amides is 1. The topological polar surface area (TPSA) is 108 Å². The molecule has 0 fully saturated rings. The van der Waals surface area contributed by atoms with Crippen LogP contribution in [0.5, 0.6) is 0 Å². The van der Waals surface area contributed by atoms with Crippen LogP contribution in [0.4, 0.5) is 5.69 Å². The van der Waals surface area contributed by atoms with Crippen LogP contribution in [0.15, 0.2) is 29.2 Å². The van der Waals surface area contributed by atoms with Crippen molar-refractivity contribution >= 4 is 29.3 Å². The predicted octanol–water partition coefficient (Wildman–Crippen LogP) is 1.73. The van der Waals surface area contributed by atoms with E-state index in [0.29, 0.717) is 0 Å². The zero-order valence-electron chi connectivity index (χ0n) is 13.6. The average molecular weight is 334 g/mol. The maximum atomic E-state index is 12.1. The summed E-state index contributed by atoms with van der Waals surface area (Å²) in [6, 6.07) is 9.49. The number of nitriles is 1. The monoisotopic (exact) mass is 334 g/mol. The van der Waals surface area contributed by atoms with Crippen molar-refractivity contribution in [2.45, 2.75) is 31.2 Å². The molecule has 1 atom stereocenters. The molecule has 0 heterocycles. The van der Waals surface area contributed by atoms with Gasteiger partial charge in [0, 0.05) is 10.6 Å². The van der Waals surface area contributed by atoms with Crippen molar-refractivity contribution in [1.82, 2.24) is 5.32 Å². The molecular weight excluding hydrogens is 312 g/mol. The van der Waals surface area contributed by atoms with Gasteiger partial charge in [-0.3, -0.25) is 9.59 Å². The van der Waals surface area contributed by atoms with Gasteiger partial charge in [0.2, 0.25) is 11.8 Å². The van der Waals surface area contributed by atoms with Crippen molar-refractivity contribution in [3.05, 3.63) is 24.3 Å². The Kier molecular flexibility index (Phi) is 6.91. The molecule has 7 heteroatoms. The van der Waals surface area contributed by atoms with Crippen LogP contribution in [0, 0.1) is 17.2 Å². The van der Waals surface area contributed by atoms with Crippen molar-refractivity contribution in [2.24, 2.45) is 11.7 Å². The van der Waals surface area contributed by atoms with E-state index in [1.807, 2.05) is 38.1 Å². The maximum Gasteiger partial charge on any atom is 0.240 e. The zero-order chi connectivity index (χ0) is 17.5. The highest BCUT2D eigenvalue weighted by molar-refractivity contribution is 8.00. The second kappa shape index (κ2) is 8.44. The Labute approximate surface area is 140 Å². The van der Waals surface area contributed by atoms with E-state index in [1.54, 1.807) is 6.92 Å². The summed E-state index contributed by atoms with van der Waals surface area (Å²) in [6.45, 7) is 5.50. The first kappa shape index (κ1) is 18.8. The Balaban J connectivity index is 2.66. The van der Waals surface area contributed by atoms with Crippen molar-refractivity contribution in [3.63, 3.8) is 0 Å². The number of thioether (sulfide) groups is 1. The lowest BCUT2D eigenvalue weighted by Crippen LogP contribution is -2.50. The molecule has 0 spiro atoms. The number of amides is 2. The van der Waals surface area contributed by atoms with Crippen LogP contribution >= 0.6 is 11.8 Å². The first-order valence-electron chi connectivity index (χ1n) is 7.24. The quantitative estimate of drug-likeness (QED) is 0.627. The first-order chi connectivity index (χ1) is 10.8. The van der Waals surface area contributed by atoms with Crippen LogP contribution in [0.2, 0.25) is 0 Å². The van der Waals surface area contributed by atoms with Crippen LogP contribution in [0.3, 0.4) is 0 Å². The molecule has 0 radical (unpaired) electrons. The van der Waals surface area contributed by atoms with Gasteiger partial charge in [-0.1, -0.05) is 26.0 Å². The fourth-order valence-electron chi connectivity index (χ4n) is 1.70. The number of nitrogens with one attached hydrogen (secondary N) is 2. The molecule has 1 unspecified atom stereocenters. The summed E-state index contributed by atoms with van der Waals surface area (Å²) >= 11 is 1.31. The normalized spacial score (nSPS) is 13.0. The van der Waals surface area contributed by atoms with Crippen molar-refractivity contribution in [3.8, 4) is 6.07 Å². The van der Waals surface area contributed by atoms with Crippen molar-refractivity contribution in [1.29, 1.82) is 5.26 Å². The minimum Gasteiger partial charge on any atom is -0.375 e. The summed E-state index contributed by atoms with van der Waals surface area (Å²) in [5.74, 6) is -0.498. The molecule has 0 bridgehead atoms. The van der Waals surface area contributed by atoms with Crippen LogP contribution in [0.1, 0.15) is 20.8 Å². The molecule has 2 amide bonds. The van der Waals surface area contributed by atoms with Gasteiger partial charge in [-0.05, 0) is 25.0 Å². The van der Waals surface area contributed by atoms with Gasteiger partial charge in [0.15, 0.2) is 0 Å². The molecule has 0 aromatic heterocycles. The van der Waals surface area contributed by atoms with Crippen LogP contribution in [-0.2, 0) is 9.59 Å². The Hall–Kier alpha value is -2.20. The van der Waals surface area contributed by atoms with E-state index in [-0.39, 0.29) is 24.1 Å². The number of carbonyl (C=O) groups is 2. The third kappa shape index (κ3) is 5.83. The highest BCUT2D eigenvalue weighted by Crippen LogP contribution is 2.26. The standard InChI is InChI=1S/C16H22N4O2S/c1-11(2)16(3,10-17)20-15(22)8-19-12-6-4-5-7-13(12)23-9-14(18)21/h4-7,11,19H,8-9H2,1-3H3,(H2,18,21)(H,20,22). The van der Waals surface area contributed by atoms with E-state index in [9.17, 15) is 14.9 Å². The fourth-order valence-corrected chi connectivity index (χ4v) is 2.47. The van der Waals surface area contributed by atoms with Crippen molar-refractivity contribution in [2.75, 3.05) is 17.6 Å². The van der Waals surface area contributed by atoms with Gasteiger partial charge in [-0.15, -0.1) is 11.8 Å². The first-order valence-corrected chi connectivity index (χ1v) is 8.23. The van der Waals surface area contributed by atoms with E-state index in [4.69, 9.17) is 5.73 Å². The zero-order valence-corrected chi connectivity index (χ0v) is 14.4. The third-order valence-electron chi connectivity index (χ3n) is 3.48. The summed E-state index contributed by atoms with van der Waals surface area (Å²) in [4.78, 5) is 23.8. The number of nitrogens with two attached hydrogens (primary N) is 1. The number of hydrogen-bond donors (Lipinski definition) is 3. The van der Waals surface area contributed by atoms with Gasteiger partial charge in [0.1, 0.15) is 5.54 Å². The minimum absolute atomic E-state index is 0.00476. The molecule has 4 N–H and O–H groups in total. The second-order valence-electron chi connectivity index (χ2n) is 5.62. The van der Waals surface area contributed by atoms with Gasteiger partial charge in [0.05, 0.1) is 18.4 Å². The summed E-state index contributed by atoms with van der Waals surface area (Å²) in [5, 5.41) is 15.0. The van der Waals surface area contributed by atoms with Gasteiger partial charge in [-0.2, -0.15) is 5.26 Å².